The van der Waals surface area contributed by atoms with Crippen LogP contribution in [-0.4, -0.2) is 36.4 Å². The first-order valence-electron chi connectivity index (χ1n) is 9.82. The quantitative estimate of drug-likeness (QED) is 0.302. The first-order valence-corrected chi connectivity index (χ1v) is 9.82. The number of aryl methyl sites for hydroxylation is 1. The summed E-state index contributed by atoms with van der Waals surface area (Å²) in [7, 11) is 0. The van der Waals surface area contributed by atoms with Crippen LogP contribution in [0.15, 0.2) is 42.5 Å². The molecule has 1 aliphatic heterocycles. The summed E-state index contributed by atoms with van der Waals surface area (Å²) in [5, 5.41) is 11.5. The van der Waals surface area contributed by atoms with E-state index in [9.17, 15) is 19.7 Å². The highest BCUT2D eigenvalue weighted by molar-refractivity contribution is 5.99. The second kappa shape index (κ2) is 9.32. The van der Waals surface area contributed by atoms with Gasteiger partial charge in [0.1, 0.15) is 5.69 Å². The Kier molecular flexibility index (Phi) is 6.59. The van der Waals surface area contributed by atoms with E-state index in [1.807, 2.05) is 24.0 Å². The van der Waals surface area contributed by atoms with Crippen molar-refractivity contribution in [3.63, 3.8) is 0 Å². The molecule has 29 heavy (non-hydrogen) atoms. The van der Waals surface area contributed by atoms with Crippen molar-refractivity contribution < 1.29 is 19.2 Å². The zero-order valence-corrected chi connectivity index (χ0v) is 16.4. The number of rotatable bonds is 7. The molecule has 1 fully saturated rings. The van der Waals surface area contributed by atoms with Crippen molar-refractivity contribution in [2.75, 3.05) is 24.6 Å². The van der Waals surface area contributed by atoms with Gasteiger partial charge in [-0.05, 0) is 43.4 Å². The Labute approximate surface area is 169 Å². The Morgan fingerprint density at radius 3 is 2.31 bits per heavy atom. The lowest BCUT2D eigenvalue weighted by atomic mass is 10.1. The van der Waals surface area contributed by atoms with Crippen LogP contribution in [0, 0.1) is 10.1 Å². The highest BCUT2D eigenvalue weighted by Gasteiger charge is 2.24. The number of anilines is 1. The summed E-state index contributed by atoms with van der Waals surface area (Å²) in [5.74, 6) is -1.07. The molecular formula is C22H24N2O5. The van der Waals surface area contributed by atoms with Gasteiger partial charge in [0.05, 0.1) is 10.5 Å². The second-order valence-corrected chi connectivity index (χ2v) is 7.06. The van der Waals surface area contributed by atoms with Crippen LogP contribution in [0.5, 0.6) is 0 Å². The minimum Gasteiger partial charge on any atom is -0.454 e. The van der Waals surface area contributed by atoms with Crippen molar-refractivity contribution in [1.82, 2.24) is 0 Å². The number of piperidine rings is 1. The molecule has 0 atom stereocenters. The van der Waals surface area contributed by atoms with Crippen LogP contribution in [0.25, 0.3) is 0 Å². The second-order valence-electron chi connectivity index (χ2n) is 7.06. The van der Waals surface area contributed by atoms with E-state index < -0.39 is 17.5 Å². The normalized spacial score (nSPS) is 13.8. The maximum absolute atomic E-state index is 12.3. The average molecular weight is 396 g/mol. The molecule has 0 aliphatic carbocycles. The topological polar surface area (TPSA) is 89.8 Å². The van der Waals surface area contributed by atoms with Crippen molar-refractivity contribution in [3.05, 3.63) is 69.3 Å². The molecule has 0 radical (unpaired) electrons. The molecular weight excluding hydrogens is 372 g/mol. The van der Waals surface area contributed by atoms with E-state index in [1.54, 1.807) is 18.2 Å². The molecule has 2 aromatic carbocycles. The fourth-order valence-electron chi connectivity index (χ4n) is 3.42. The van der Waals surface area contributed by atoms with Gasteiger partial charge in [-0.15, -0.1) is 0 Å². The first kappa shape index (κ1) is 20.5. The summed E-state index contributed by atoms with van der Waals surface area (Å²) in [4.78, 5) is 37.6. The number of carbonyl (C=O) groups excluding carboxylic acids is 2. The third-order valence-corrected chi connectivity index (χ3v) is 5.12. The van der Waals surface area contributed by atoms with Gasteiger partial charge >= 0.3 is 5.97 Å². The molecule has 1 heterocycles. The number of esters is 1. The van der Waals surface area contributed by atoms with Crippen molar-refractivity contribution >= 4 is 23.1 Å². The zero-order chi connectivity index (χ0) is 20.8. The molecule has 0 spiro atoms. The highest BCUT2D eigenvalue weighted by atomic mass is 16.6. The summed E-state index contributed by atoms with van der Waals surface area (Å²) in [6, 6.07) is 11.5. The Balaban J connectivity index is 1.69. The summed E-state index contributed by atoms with van der Waals surface area (Å²) in [6.45, 7) is 3.13. The third kappa shape index (κ3) is 4.99. The molecule has 3 rings (SSSR count). The van der Waals surface area contributed by atoms with Gasteiger partial charge in [-0.2, -0.15) is 0 Å². The van der Waals surface area contributed by atoms with Crippen LogP contribution in [-0.2, 0) is 11.2 Å². The van der Waals surface area contributed by atoms with Gasteiger partial charge in [-0.25, -0.2) is 4.79 Å². The standard InChI is InChI=1S/C22H24N2O5/c1-2-16-6-8-17(9-7-16)21(25)15-29-22(26)18-10-11-19(20(14-18)24(27)28)23-12-4-3-5-13-23/h6-11,14H,2-5,12-13,15H2,1H3. The molecule has 0 unspecified atom stereocenters. The number of nitro groups is 1. The number of hydrogen-bond acceptors (Lipinski definition) is 6. The number of ketones is 1. The number of Topliss-reactive ketones (excluding diaryl/α,β-unsaturated/α-hetero) is 1. The molecule has 0 N–H and O–H groups in total. The maximum atomic E-state index is 12.3. The number of benzene rings is 2. The van der Waals surface area contributed by atoms with E-state index in [-0.39, 0.29) is 17.0 Å². The van der Waals surface area contributed by atoms with Crippen molar-refractivity contribution in [2.45, 2.75) is 32.6 Å². The van der Waals surface area contributed by atoms with E-state index in [0.29, 0.717) is 11.3 Å². The van der Waals surface area contributed by atoms with Crippen molar-refractivity contribution in [2.24, 2.45) is 0 Å². The lowest BCUT2D eigenvalue weighted by Gasteiger charge is -2.28. The fourth-order valence-corrected chi connectivity index (χ4v) is 3.42. The van der Waals surface area contributed by atoms with Crippen LogP contribution in [0.2, 0.25) is 0 Å². The monoisotopic (exact) mass is 396 g/mol. The van der Waals surface area contributed by atoms with E-state index >= 15 is 0 Å². The van der Waals surface area contributed by atoms with E-state index in [4.69, 9.17) is 4.74 Å². The third-order valence-electron chi connectivity index (χ3n) is 5.12. The molecule has 7 nitrogen and oxygen atoms in total. The molecule has 0 aromatic heterocycles. The van der Waals surface area contributed by atoms with E-state index in [0.717, 1.165) is 44.3 Å². The SMILES string of the molecule is CCc1ccc(C(=O)COC(=O)c2ccc(N3CCCCC3)c([N+](=O)[O-])c2)cc1. The number of nitro benzene ring substituents is 1. The molecule has 0 bridgehead atoms. The number of carbonyl (C=O) groups is 2. The number of nitrogens with zero attached hydrogens (tertiary/aromatic N) is 2. The average Bonchev–Trinajstić information content (AvgIpc) is 2.77. The van der Waals surface area contributed by atoms with Crippen LogP contribution >= 0.6 is 0 Å². The largest absolute Gasteiger partial charge is 0.454 e. The first-order chi connectivity index (χ1) is 14.0. The number of ether oxygens (including phenoxy) is 1. The highest BCUT2D eigenvalue weighted by Crippen LogP contribution is 2.31. The van der Waals surface area contributed by atoms with Gasteiger partial charge in [0.2, 0.25) is 0 Å². The van der Waals surface area contributed by atoms with Crippen LogP contribution < -0.4 is 4.90 Å². The van der Waals surface area contributed by atoms with Gasteiger partial charge in [-0.1, -0.05) is 31.2 Å². The molecule has 152 valence electrons. The van der Waals surface area contributed by atoms with E-state index in [1.165, 1.54) is 12.1 Å². The van der Waals surface area contributed by atoms with Gasteiger partial charge in [0.25, 0.3) is 5.69 Å². The summed E-state index contributed by atoms with van der Waals surface area (Å²) < 4.78 is 5.10. The summed E-state index contributed by atoms with van der Waals surface area (Å²) in [5.41, 5.74) is 2.02. The summed E-state index contributed by atoms with van der Waals surface area (Å²) in [6.07, 6.45) is 3.96. The van der Waals surface area contributed by atoms with Gasteiger partial charge in [-0.3, -0.25) is 14.9 Å². The van der Waals surface area contributed by atoms with Crippen molar-refractivity contribution in [3.8, 4) is 0 Å². The summed E-state index contributed by atoms with van der Waals surface area (Å²) >= 11 is 0. The Hall–Kier alpha value is -3.22. The molecule has 1 aliphatic rings. The molecule has 2 aromatic rings. The molecule has 0 saturated carbocycles. The van der Waals surface area contributed by atoms with E-state index in [2.05, 4.69) is 0 Å². The van der Waals surface area contributed by atoms with Crippen LogP contribution in [0.3, 0.4) is 0 Å². The van der Waals surface area contributed by atoms with Crippen LogP contribution in [0.4, 0.5) is 11.4 Å². The van der Waals surface area contributed by atoms with Gasteiger partial charge < -0.3 is 9.64 Å². The van der Waals surface area contributed by atoms with Crippen LogP contribution in [0.1, 0.15) is 52.5 Å². The predicted octanol–water partition coefficient (Wildman–Crippen LogP) is 4.19. The lowest BCUT2D eigenvalue weighted by molar-refractivity contribution is -0.384. The molecule has 0 amide bonds. The molecule has 1 saturated heterocycles. The Morgan fingerprint density at radius 1 is 1.03 bits per heavy atom. The molecule has 7 heteroatoms. The Morgan fingerprint density at radius 2 is 1.69 bits per heavy atom. The minimum atomic E-state index is -0.753. The minimum absolute atomic E-state index is 0.0617. The number of hydrogen-bond donors (Lipinski definition) is 0. The van der Waals surface area contributed by atoms with Crippen molar-refractivity contribution in [1.29, 1.82) is 0 Å². The maximum Gasteiger partial charge on any atom is 0.338 e. The predicted molar refractivity (Wildman–Crippen MR) is 110 cm³/mol. The lowest BCUT2D eigenvalue weighted by Crippen LogP contribution is -2.30. The zero-order valence-electron chi connectivity index (χ0n) is 16.4. The smallest absolute Gasteiger partial charge is 0.338 e. The fraction of sp³-hybridized carbons (Fsp3) is 0.364. The van der Waals surface area contributed by atoms with Gasteiger partial charge in [0, 0.05) is 24.7 Å². The Bertz CT molecular complexity index is 902. The van der Waals surface area contributed by atoms with Gasteiger partial charge in [0.15, 0.2) is 12.4 Å².